The summed E-state index contributed by atoms with van der Waals surface area (Å²) in [7, 11) is 1.56. The fourth-order valence-electron chi connectivity index (χ4n) is 3.19. The minimum Gasteiger partial charge on any atom is -0.377 e. The molecule has 0 bridgehead atoms. The number of nitrogens with one attached hydrogen (secondary N) is 1. The minimum absolute atomic E-state index is 0.247. The van der Waals surface area contributed by atoms with Crippen molar-refractivity contribution in [3.05, 3.63) is 55.8 Å². The maximum atomic E-state index is 13.4. The molecule has 1 atom stereocenters. The van der Waals surface area contributed by atoms with Gasteiger partial charge in [0.25, 0.3) is 5.56 Å². The second kappa shape index (κ2) is 9.35. The number of nitrogens with zero attached hydrogens (tertiary/aromatic N) is 4. The predicted molar refractivity (Wildman–Crippen MR) is 126 cm³/mol. The smallest absolute Gasteiger partial charge is 0.263 e. The Hall–Kier alpha value is -2.47. The molecule has 0 radical (unpaired) electrons. The standard InChI is InChI=1S/C20H18BrN5O3S2/c1-3-14(17(27)23-20-25-24-15(31-20)8-29-2)26-10-22-18-16(19(26)28)13(9-30-18)11-4-6-12(21)7-5-11/h4-7,9-10,14H,3,8H2,1-2H3,(H,23,25,27). The summed E-state index contributed by atoms with van der Waals surface area (Å²) >= 11 is 6.07. The Balaban J connectivity index is 1.69. The summed E-state index contributed by atoms with van der Waals surface area (Å²) in [6, 6.07) is 7.02. The molecule has 1 aromatic carbocycles. The van der Waals surface area contributed by atoms with Gasteiger partial charge in [-0.3, -0.25) is 19.5 Å². The van der Waals surface area contributed by atoms with Crippen LogP contribution in [0.4, 0.5) is 5.13 Å². The topological polar surface area (TPSA) is 99.0 Å². The van der Waals surface area contributed by atoms with Gasteiger partial charge >= 0.3 is 0 Å². The number of ether oxygens (including phenoxy) is 1. The largest absolute Gasteiger partial charge is 0.377 e. The molecular formula is C20H18BrN5O3S2. The molecule has 8 nitrogen and oxygen atoms in total. The van der Waals surface area contributed by atoms with Crippen LogP contribution in [0.5, 0.6) is 0 Å². The van der Waals surface area contributed by atoms with E-state index in [0.29, 0.717) is 33.4 Å². The van der Waals surface area contributed by atoms with E-state index in [1.807, 2.05) is 36.6 Å². The molecule has 0 aliphatic carbocycles. The third kappa shape index (κ3) is 4.45. The van der Waals surface area contributed by atoms with Crippen LogP contribution in [-0.2, 0) is 16.1 Å². The minimum atomic E-state index is -0.725. The van der Waals surface area contributed by atoms with Gasteiger partial charge in [0.15, 0.2) is 0 Å². The SMILES string of the molecule is CCC(C(=O)Nc1nnc(COC)s1)n1cnc2scc(-c3ccc(Br)cc3)c2c1=O. The first kappa shape index (κ1) is 21.8. The van der Waals surface area contributed by atoms with E-state index in [-0.39, 0.29) is 11.5 Å². The number of anilines is 1. The van der Waals surface area contributed by atoms with Crippen molar-refractivity contribution in [2.45, 2.75) is 26.0 Å². The molecule has 0 saturated heterocycles. The summed E-state index contributed by atoms with van der Waals surface area (Å²) in [6.45, 7) is 2.17. The second-order valence-corrected chi connectivity index (χ2v) is 9.48. The number of aromatic nitrogens is 4. The number of carbonyl (C=O) groups is 1. The van der Waals surface area contributed by atoms with Crippen molar-refractivity contribution in [1.82, 2.24) is 19.7 Å². The number of benzene rings is 1. The summed E-state index contributed by atoms with van der Waals surface area (Å²) in [5.74, 6) is -0.341. The van der Waals surface area contributed by atoms with Crippen LogP contribution in [0.1, 0.15) is 24.4 Å². The molecule has 31 heavy (non-hydrogen) atoms. The molecule has 1 N–H and O–H groups in total. The highest BCUT2D eigenvalue weighted by Gasteiger charge is 2.23. The number of thiophene rings is 1. The number of hydrogen-bond acceptors (Lipinski definition) is 8. The molecule has 0 fully saturated rings. The van der Waals surface area contributed by atoms with Gasteiger partial charge in [-0.05, 0) is 24.1 Å². The van der Waals surface area contributed by atoms with Crippen LogP contribution in [-0.4, -0.2) is 32.8 Å². The number of rotatable bonds is 7. The van der Waals surface area contributed by atoms with Crippen LogP contribution in [0.25, 0.3) is 21.3 Å². The molecule has 0 aliphatic heterocycles. The van der Waals surface area contributed by atoms with Crippen molar-refractivity contribution >= 4 is 59.9 Å². The third-order valence-corrected chi connectivity index (χ3v) is 6.89. The van der Waals surface area contributed by atoms with Gasteiger partial charge < -0.3 is 4.74 Å². The zero-order valence-electron chi connectivity index (χ0n) is 16.7. The van der Waals surface area contributed by atoms with Crippen LogP contribution < -0.4 is 10.9 Å². The number of carbonyl (C=O) groups excluding carboxylic acids is 1. The van der Waals surface area contributed by atoms with E-state index in [2.05, 4.69) is 36.4 Å². The van der Waals surface area contributed by atoms with Crippen LogP contribution >= 0.6 is 38.6 Å². The highest BCUT2D eigenvalue weighted by molar-refractivity contribution is 9.10. The van der Waals surface area contributed by atoms with Crippen LogP contribution in [0.15, 0.2) is 45.2 Å². The molecule has 160 valence electrons. The molecule has 11 heteroatoms. The van der Waals surface area contributed by atoms with Gasteiger partial charge in [-0.25, -0.2) is 4.98 Å². The number of methoxy groups -OCH3 is 1. The lowest BCUT2D eigenvalue weighted by atomic mass is 10.1. The number of amides is 1. The quantitative estimate of drug-likeness (QED) is 0.386. The van der Waals surface area contributed by atoms with E-state index in [1.54, 1.807) is 7.11 Å². The van der Waals surface area contributed by atoms with Gasteiger partial charge in [0, 0.05) is 22.5 Å². The molecule has 3 heterocycles. The van der Waals surface area contributed by atoms with Gasteiger partial charge in [-0.2, -0.15) is 0 Å². The first-order valence-corrected chi connectivity index (χ1v) is 11.9. The lowest BCUT2D eigenvalue weighted by Gasteiger charge is -2.16. The van der Waals surface area contributed by atoms with Gasteiger partial charge in [0.1, 0.15) is 22.5 Å². The Bertz CT molecular complexity index is 1280. The summed E-state index contributed by atoms with van der Waals surface area (Å²) in [6.07, 6.45) is 1.86. The van der Waals surface area contributed by atoms with E-state index >= 15 is 0 Å². The Morgan fingerprint density at radius 2 is 2.06 bits per heavy atom. The van der Waals surface area contributed by atoms with Crippen molar-refractivity contribution in [3.8, 4) is 11.1 Å². The summed E-state index contributed by atoms with van der Waals surface area (Å²) in [5, 5.41) is 14.1. The zero-order valence-corrected chi connectivity index (χ0v) is 19.9. The highest BCUT2D eigenvalue weighted by atomic mass is 79.9. The first-order chi connectivity index (χ1) is 15.0. The Morgan fingerprint density at radius 3 is 2.77 bits per heavy atom. The van der Waals surface area contributed by atoms with Gasteiger partial charge in [-0.1, -0.05) is 46.3 Å². The van der Waals surface area contributed by atoms with Crippen LogP contribution in [0, 0.1) is 0 Å². The van der Waals surface area contributed by atoms with Crippen molar-refractivity contribution in [3.63, 3.8) is 0 Å². The third-order valence-electron chi connectivity index (χ3n) is 4.66. The van der Waals surface area contributed by atoms with Gasteiger partial charge in [0.2, 0.25) is 11.0 Å². The predicted octanol–water partition coefficient (Wildman–Crippen LogP) is 4.48. The van der Waals surface area contributed by atoms with Gasteiger partial charge in [0.05, 0.1) is 11.7 Å². The van der Waals surface area contributed by atoms with E-state index in [9.17, 15) is 9.59 Å². The fourth-order valence-corrected chi connectivity index (χ4v) is 5.08. The average molecular weight is 520 g/mol. The lowest BCUT2D eigenvalue weighted by Crippen LogP contribution is -2.33. The molecular weight excluding hydrogens is 502 g/mol. The summed E-state index contributed by atoms with van der Waals surface area (Å²) in [4.78, 5) is 31.4. The zero-order chi connectivity index (χ0) is 22.0. The van der Waals surface area contributed by atoms with Crippen LogP contribution in [0.2, 0.25) is 0 Å². The maximum Gasteiger partial charge on any atom is 0.263 e. The molecule has 1 amide bonds. The molecule has 4 rings (SSSR count). The number of fused-ring (bicyclic) bond motifs is 1. The Kier molecular flexibility index (Phi) is 6.56. The average Bonchev–Trinajstić information content (AvgIpc) is 3.38. The highest BCUT2D eigenvalue weighted by Crippen LogP contribution is 2.31. The molecule has 0 aliphatic rings. The van der Waals surface area contributed by atoms with Crippen molar-refractivity contribution < 1.29 is 9.53 Å². The van der Waals surface area contributed by atoms with E-state index in [0.717, 1.165) is 15.6 Å². The maximum absolute atomic E-state index is 13.4. The first-order valence-electron chi connectivity index (χ1n) is 9.38. The fraction of sp³-hybridized carbons (Fsp3) is 0.250. The molecule has 0 saturated carbocycles. The van der Waals surface area contributed by atoms with E-state index < -0.39 is 6.04 Å². The molecule has 1 unspecified atom stereocenters. The van der Waals surface area contributed by atoms with Crippen LogP contribution in [0.3, 0.4) is 0 Å². The molecule has 3 aromatic heterocycles. The number of hydrogen-bond donors (Lipinski definition) is 1. The van der Waals surface area contributed by atoms with E-state index in [4.69, 9.17) is 4.74 Å². The normalized spacial score (nSPS) is 12.2. The summed E-state index contributed by atoms with van der Waals surface area (Å²) in [5.41, 5.74) is 1.48. The second-order valence-electron chi connectivity index (χ2n) is 6.64. The summed E-state index contributed by atoms with van der Waals surface area (Å²) < 4.78 is 7.38. The van der Waals surface area contributed by atoms with E-state index in [1.165, 1.54) is 33.6 Å². The van der Waals surface area contributed by atoms with Crippen molar-refractivity contribution in [1.29, 1.82) is 0 Å². The Morgan fingerprint density at radius 1 is 1.29 bits per heavy atom. The van der Waals surface area contributed by atoms with Crippen molar-refractivity contribution in [2.24, 2.45) is 0 Å². The molecule has 4 aromatic rings. The number of halogens is 1. The Labute approximate surface area is 194 Å². The van der Waals surface area contributed by atoms with Gasteiger partial charge in [-0.15, -0.1) is 21.5 Å². The lowest BCUT2D eigenvalue weighted by molar-refractivity contribution is -0.119. The monoisotopic (exact) mass is 519 g/mol. The van der Waals surface area contributed by atoms with Crippen molar-refractivity contribution in [2.75, 3.05) is 12.4 Å². The molecule has 0 spiro atoms.